The van der Waals surface area contributed by atoms with Crippen molar-refractivity contribution in [1.82, 2.24) is 10.7 Å². The Hall–Kier alpha value is -3.47. The van der Waals surface area contributed by atoms with Gasteiger partial charge < -0.3 is 14.8 Å². The minimum Gasteiger partial charge on any atom is -0.493 e. The number of hydrogen-bond donors (Lipinski definition) is 2. The molecule has 0 aliphatic rings. The van der Waals surface area contributed by atoms with Crippen molar-refractivity contribution in [2.75, 3.05) is 20.8 Å². The van der Waals surface area contributed by atoms with E-state index >= 15 is 0 Å². The summed E-state index contributed by atoms with van der Waals surface area (Å²) in [5, 5.41) is 16.7. The quantitative estimate of drug-likeness (QED) is 0.398. The van der Waals surface area contributed by atoms with E-state index in [0.717, 1.165) is 11.3 Å². The predicted molar refractivity (Wildman–Crippen MR) is 98.6 cm³/mol. The third-order valence-corrected chi connectivity index (χ3v) is 4.20. The van der Waals surface area contributed by atoms with Crippen molar-refractivity contribution in [3.8, 4) is 11.5 Å². The molecule has 0 spiro atoms. The summed E-state index contributed by atoms with van der Waals surface area (Å²) < 4.78 is 10.2. The fourth-order valence-electron chi connectivity index (χ4n) is 1.96. The summed E-state index contributed by atoms with van der Waals surface area (Å²) in [7, 11) is 2.93. The molecule has 27 heavy (non-hydrogen) atoms. The average Bonchev–Trinajstić information content (AvgIpc) is 3.14. The number of amides is 2. The second-order valence-corrected chi connectivity index (χ2v) is 6.07. The highest BCUT2D eigenvalue weighted by molar-refractivity contribution is 7.16. The Balaban J connectivity index is 1.84. The lowest BCUT2D eigenvalue weighted by Gasteiger charge is -2.09. The molecule has 0 saturated carbocycles. The Morgan fingerprint density at radius 1 is 1.22 bits per heavy atom. The molecule has 0 bridgehead atoms. The number of thiophene rings is 1. The van der Waals surface area contributed by atoms with Crippen molar-refractivity contribution >= 4 is 34.4 Å². The first-order valence-electron chi connectivity index (χ1n) is 7.51. The molecule has 0 atom stereocenters. The first-order chi connectivity index (χ1) is 12.9. The minimum atomic E-state index is -0.550. The van der Waals surface area contributed by atoms with Gasteiger partial charge >= 0.3 is 5.00 Å². The zero-order valence-electron chi connectivity index (χ0n) is 14.4. The molecule has 2 aromatic rings. The van der Waals surface area contributed by atoms with Gasteiger partial charge in [-0.25, -0.2) is 5.43 Å². The van der Waals surface area contributed by atoms with Crippen LogP contribution in [0.1, 0.15) is 15.2 Å². The van der Waals surface area contributed by atoms with Gasteiger partial charge in [0, 0.05) is 11.6 Å². The highest BCUT2D eigenvalue weighted by atomic mass is 32.1. The maximum Gasteiger partial charge on any atom is 0.324 e. The largest absolute Gasteiger partial charge is 0.493 e. The summed E-state index contributed by atoms with van der Waals surface area (Å²) in [5.41, 5.74) is 2.53. The van der Waals surface area contributed by atoms with Crippen molar-refractivity contribution in [1.29, 1.82) is 0 Å². The van der Waals surface area contributed by atoms with E-state index in [-0.39, 0.29) is 11.5 Å². The summed E-state index contributed by atoms with van der Waals surface area (Å²) in [6.07, 6.45) is 1.28. The van der Waals surface area contributed by atoms with Crippen molar-refractivity contribution in [2.24, 2.45) is 5.10 Å². The standard InChI is InChI=1S/C16H16N4O6S/c1-25-12-5-3-10(7-13(12)26-2)16(22)17-9-14(21)19-18-8-11-4-6-15(27-11)20(23)24/h3-8H,9H2,1-2H3,(H,17,22)(H,19,21)/b18-8-. The predicted octanol–water partition coefficient (Wildman–Crippen LogP) is 1.55. The number of rotatable bonds is 8. The number of benzene rings is 1. The van der Waals surface area contributed by atoms with Gasteiger partial charge in [0.15, 0.2) is 11.5 Å². The number of methoxy groups -OCH3 is 2. The molecule has 0 aliphatic heterocycles. The lowest BCUT2D eigenvalue weighted by atomic mass is 10.2. The summed E-state index contributed by atoms with van der Waals surface area (Å²) in [6, 6.07) is 7.47. The van der Waals surface area contributed by atoms with Gasteiger partial charge in [-0.2, -0.15) is 5.10 Å². The lowest BCUT2D eigenvalue weighted by Crippen LogP contribution is -2.34. The molecular weight excluding hydrogens is 376 g/mol. The fourth-order valence-corrected chi connectivity index (χ4v) is 2.65. The highest BCUT2D eigenvalue weighted by Gasteiger charge is 2.12. The number of carbonyl (C=O) groups is 2. The van der Waals surface area contributed by atoms with Crippen molar-refractivity contribution in [2.45, 2.75) is 0 Å². The number of nitrogens with zero attached hydrogens (tertiary/aromatic N) is 2. The Labute approximate surface area is 157 Å². The van der Waals surface area contributed by atoms with Gasteiger partial charge in [0.05, 0.1) is 36.8 Å². The zero-order valence-corrected chi connectivity index (χ0v) is 15.2. The smallest absolute Gasteiger partial charge is 0.324 e. The summed E-state index contributed by atoms with van der Waals surface area (Å²) >= 11 is 0.923. The van der Waals surface area contributed by atoms with Crippen LogP contribution in [-0.4, -0.2) is 43.7 Å². The molecule has 10 nitrogen and oxygen atoms in total. The van der Waals surface area contributed by atoms with Crippen LogP contribution in [0.2, 0.25) is 0 Å². The first-order valence-corrected chi connectivity index (χ1v) is 8.32. The van der Waals surface area contributed by atoms with Gasteiger partial charge in [0.2, 0.25) is 0 Å². The monoisotopic (exact) mass is 392 g/mol. The van der Waals surface area contributed by atoms with Gasteiger partial charge in [-0.05, 0) is 24.3 Å². The Bertz CT molecular complexity index is 880. The molecule has 0 saturated heterocycles. The van der Waals surface area contributed by atoms with Gasteiger partial charge in [0.1, 0.15) is 0 Å². The Morgan fingerprint density at radius 2 is 1.96 bits per heavy atom. The van der Waals surface area contributed by atoms with Gasteiger partial charge in [0.25, 0.3) is 11.8 Å². The molecule has 1 aromatic carbocycles. The number of ether oxygens (including phenoxy) is 2. The van der Waals surface area contributed by atoms with E-state index in [1.165, 1.54) is 44.7 Å². The van der Waals surface area contributed by atoms with Crippen LogP contribution in [0.5, 0.6) is 11.5 Å². The van der Waals surface area contributed by atoms with E-state index in [2.05, 4.69) is 15.8 Å². The Kier molecular flexibility index (Phi) is 6.83. The third kappa shape index (κ3) is 5.51. The van der Waals surface area contributed by atoms with Crippen molar-refractivity contribution in [3.05, 3.63) is 50.9 Å². The van der Waals surface area contributed by atoms with E-state index in [9.17, 15) is 19.7 Å². The normalized spacial score (nSPS) is 10.4. The van der Waals surface area contributed by atoms with Crippen LogP contribution in [0.15, 0.2) is 35.4 Å². The number of carbonyl (C=O) groups excluding carboxylic acids is 2. The van der Waals surface area contributed by atoms with E-state index in [0.29, 0.717) is 21.9 Å². The maximum absolute atomic E-state index is 12.1. The molecule has 1 heterocycles. The highest BCUT2D eigenvalue weighted by Crippen LogP contribution is 2.27. The van der Waals surface area contributed by atoms with E-state index < -0.39 is 16.7 Å². The molecule has 11 heteroatoms. The molecule has 2 amide bonds. The summed E-state index contributed by atoms with van der Waals surface area (Å²) in [6.45, 7) is -0.297. The van der Waals surface area contributed by atoms with Crippen molar-refractivity contribution < 1.29 is 24.0 Å². The number of nitro groups is 1. The first kappa shape index (κ1) is 19.8. The fraction of sp³-hybridized carbons (Fsp3) is 0.188. The molecule has 0 unspecified atom stereocenters. The third-order valence-electron chi connectivity index (χ3n) is 3.23. The number of nitrogens with one attached hydrogen (secondary N) is 2. The number of hydrazone groups is 1. The van der Waals surface area contributed by atoms with Gasteiger partial charge in [-0.3, -0.25) is 19.7 Å². The molecule has 2 rings (SSSR count). The van der Waals surface area contributed by atoms with E-state index in [1.54, 1.807) is 6.07 Å². The van der Waals surface area contributed by atoms with Gasteiger partial charge in [-0.15, -0.1) is 0 Å². The van der Waals surface area contributed by atoms with Crippen LogP contribution in [0.25, 0.3) is 0 Å². The van der Waals surface area contributed by atoms with Crippen molar-refractivity contribution in [3.63, 3.8) is 0 Å². The zero-order chi connectivity index (χ0) is 19.8. The summed E-state index contributed by atoms with van der Waals surface area (Å²) in [4.78, 5) is 34.4. The lowest BCUT2D eigenvalue weighted by molar-refractivity contribution is -0.380. The molecule has 0 fully saturated rings. The molecular formula is C16H16N4O6S. The SMILES string of the molecule is COc1ccc(C(=O)NCC(=O)N/N=C\c2ccc([N+](=O)[O-])s2)cc1OC. The van der Waals surface area contributed by atoms with Crippen LogP contribution in [0.3, 0.4) is 0 Å². The second kappa shape index (κ2) is 9.29. The summed E-state index contributed by atoms with van der Waals surface area (Å²) in [5.74, 6) is -0.144. The van der Waals surface area contributed by atoms with Crippen LogP contribution in [0, 0.1) is 10.1 Å². The van der Waals surface area contributed by atoms with Crippen LogP contribution in [0.4, 0.5) is 5.00 Å². The molecule has 0 aliphatic carbocycles. The second-order valence-electron chi connectivity index (χ2n) is 4.98. The average molecular weight is 392 g/mol. The number of hydrogen-bond acceptors (Lipinski definition) is 8. The van der Waals surface area contributed by atoms with Crippen LogP contribution < -0.4 is 20.2 Å². The maximum atomic E-state index is 12.1. The molecule has 0 radical (unpaired) electrons. The molecule has 1 aromatic heterocycles. The minimum absolute atomic E-state index is 0.0232. The van der Waals surface area contributed by atoms with Gasteiger partial charge in [-0.1, -0.05) is 11.3 Å². The van der Waals surface area contributed by atoms with Crippen LogP contribution >= 0.6 is 11.3 Å². The molecule has 142 valence electrons. The van der Waals surface area contributed by atoms with E-state index in [1.807, 2.05) is 0 Å². The Morgan fingerprint density at radius 3 is 2.59 bits per heavy atom. The molecule has 2 N–H and O–H groups in total. The topological polar surface area (TPSA) is 132 Å². The van der Waals surface area contributed by atoms with Crippen LogP contribution in [-0.2, 0) is 4.79 Å². The van der Waals surface area contributed by atoms with E-state index in [4.69, 9.17) is 9.47 Å².